The third-order valence-electron chi connectivity index (χ3n) is 5.54. The van der Waals surface area contributed by atoms with Crippen LogP contribution in [-0.2, 0) is 9.59 Å². The molecule has 1 unspecified atom stereocenters. The number of aliphatic hydroxyl groups excluding tert-OH is 1. The molecule has 7 heteroatoms. The molecule has 0 aromatic heterocycles. The topological polar surface area (TPSA) is 79.3 Å². The van der Waals surface area contributed by atoms with Gasteiger partial charge in [0.25, 0.3) is 11.7 Å². The van der Waals surface area contributed by atoms with Crippen molar-refractivity contribution in [2.45, 2.75) is 32.9 Å². The van der Waals surface area contributed by atoms with E-state index in [-0.39, 0.29) is 17.4 Å². The lowest BCUT2D eigenvalue weighted by molar-refractivity contribution is -0.140. The number of methoxy groups -OCH3 is 1. The smallest absolute Gasteiger partial charge is 0.295 e. The first kappa shape index (κ1) is 24.3. The average molecular weight is 453 g/mol. The number of likely N-dealkylation sites (tertiary alicyclic amines) is 1. The molecule has 1 amide bonds. The van der Waals surface area contributed by atoms with Gasteiger partial charge in [0, 0.05) is 18.7 Å². The van der Waals surface area contributed by atoms with Crippen molar-refractivity contribution < 1.29 is 24.2 Å². The van der Waals surface area contributed by atoms with Crippen molar-refractivity contribution in [2.24, 2.45) is 0 Å². The van der Waals surface area contributed by atoms with Crippen LogP contribution in [0, 0.1) is 6.92 Å². The van der Waals surface area contributed by atoms with E-state index in [2.05, 4.69) is 0 Å². The van der Waals surface area contributed by atoms with Crippen LogP contribution in [0.3, 0.4) is 0 Å². The number of likely N-dealkylation sites (N-methyl/N-ethyl adjacent to an activating group) is 1. The number of carbonyl (C=O) groups is 2. The number of aliphatic hydroxyl groups is 1. The Balaban J connectivity index is 2.15. The molecule has 0 spiro atoms. The fourth-order valence-electron chi connectivity index (χ4n) is 3.98. The van der Waals surface area contributed by atoms with Crippen LogP contribution < -0.4 is 9.47 Å². The molecule has 1 N–H and O–H groups in total. The quantitative estimate of drug-likeness (QED) is 0.373. The van der Waals surface area contributed by atoms with Crippen LogP contribution in [0.15, 0.2) is 48.0 Å². The zero-order valence-corrected chi connectivity index (χ0v) is 20.1. The molecule has 1 heterocycles. The van der Waals surface area contributed by atoms with Crippen LogP contribution in [-0.4, -0.2) is 67.0 Å². The van der Waals surface area contributed by atoms with E-state index < -0.39 is 17.7 Å². The van der Waals surface area contributed by atoms with E-state index in [0.717, 1.165) is 5.56 Å². The Hall–Kier alpha value is -3.32. The third-order valence-corrected chi connectivity index (χ3v) is 5.54. The Morgan fingerprint density at radius 2 is 1.88 bits per heavy atom. The van der Waals surface area contributed by atoms with Crippen molar-refractivity contribution in [1.29, 1.82) is 0 Å². The van der Waals surface area contributed by atoms with E-state index in [9.17, 15) is 14.7 Å². The zero-order valence-electron chi connectivity index (χ0n) is 20.1. The van der Waals surface area contributed by atoms with Gasteiger partial charge < -0.3 is 24.4 Å². The van der Waals surface area contributed by atoms with Gasteiger partial charge in [0.2, 0.25) is 0 Å². The normalized spacial score (nSPS) is 17.8. The highest BCUT2D eigenvalue weighted by molar-refractivity contribution is 6.46. The summed E-state index contributed by atoms with van der Waals surface area (Å²) in [6.07, 6.45) is -0.0253. The molecule has 1 saturated heterocycles. The van der Waals surface area contributed by atoms with Gasteiger partial charge in [0.15, 0.2) is 0 Å². The lowest BCUT2D eigenvalue weighted by Gasteiger charge is -2.27. The fraction of sp³-hybridized carbons (Fsp3) is 0.385. The summed E-state index contributed by atoms with van der Waals surface area (Å²) in [6, 6.07) is 11.8. The Kier molecular flexibility index (Phi) is 7.43. The maximum absolute atomic E-state index is 13.2. The molecule has 0 saturated carbocycles. The molecular weight excluding hydrogens is 420 g/mol. The number of hydrogen-bond donors (Lipinski definition) is 1. The number of amides is 1. The van der Waals surface area contributed by atoms with Crippen molar-refractivity contribution in [3.63, 3.8) is 0 Å². The van der Waals surface area contributed by atoms with E-state index in [0.29, 0.717) is 35.7 Å². The predicted molar refractivity (Wildman–Crippen MR) is 128 cm³/mol. The van der Waals surface area contributed by atoms with Gasteiger partial charge in [-0.15, -0.1) is 0 Å². The number of ketones is 1. The van der Waals surface area contributed by atoms with Gasteiger partial charge in [0.1, 0.15) is 17.3 Å². The Morgan fingerprint density at radius 3 is 2.48 bits per heavy atom. The molecule has 0 bridgehead atoms. The Morgan fingerprint density at radius 1 is 1.15 bits per heavy atom. The number of hydrogen-bond acceptors (Lipinski definition) is 6. The van der Waals surface area contributed by atoms with Gasteiger partial charge in [-0.05, 0) is 76.3 Å². The van der Waals surface area contributed by atoms with Crippen LogP contribution in [0.5, 0.6) is 11.5 Å². The minimum atomic E-state index is -0.719. The average Bonchev–Trinajstić information content (AvgIpc) is 3.01. The molecule has 1 aliphatic rings. The number of carbonyl (C=O) groups excluding carboxylic acids is 2. The molecular formula is C26H32N2O5. The van der Waals surface area contributed by atoms with E-state index in [1.54, 1.807) is 25.3 Å². The maximum Gasteiger partial charge on any atom is 0.295 e. The molecule has 33 heavy (non-hydrogen) atoms. The summed E-state index contributed by atoms with van der Waals surface area (Å²) in [5.41, 5.74) is 2.05. The van der Waals surface area contributed by atoms with Crippen molar-refractivity contribution in [3.05, 3.63) is 64.7 Å². The Labute approximate surface area is 195 Å². The fourth-order valence-corrected chi connectivity index (χ4v) is 3.98. The molecule has 3 rings (SSSR count). The number of benzene rings is 2. The van der Waals surface area contributed by atoms with Crippen molar-refractivity contribution in [2.75, 3.05) is 34.3 Å². The molecule has 1 aliphatic heterocycles. The maximum atomic E-state index is 13.2. The molecule has 0 radical (unpaired) electrons. The van der Waals surface area contributed by atoms with Crippen LogP contribution in [0.2, 0.25) is 0 Å². The summed E-state index contributed by atoms with van der Waals surface area (Å²) in [5, 5.41) is 11.2. The second-order valence-electron chi connectivity index (χ2n) is 8.72. The van der Waals surface area contributed by atoms with Crippen LogP contribution in [0.4, 0.5) is 0 Å². The van der Waals surface area contributed by atoms with Gasteiger partial charge >= 0.3 is 0 Å². The van der Waals surface area contributed by atoms with Gasteiger partial charge in [-0.2, -0.15) is 0 Å². The Bertz CT molecular complexity index is 1070. The van der Waals surface area contributed by atoms with Gasteiger partial charge in [-0.3, -0.25) is 9.59 Å². The van der Waals surface area contributed by atoms with Gasteiger partial charge in [0.05, 0.1) is 24.8 Å². The number of aryl methyl sites for hydroxylation is 1. The van der Waals surface area contributed by atoms with Crippen LogP contribution in [0.1, 0.15) is 36.6 Å². The van der Waals surface area contributed by atoms with Crippen molar-refractivity contribution >= 4 is 17.4 Å². The lowest BCUT2D eigenvalue weighted by atomic mass is 9.94. The minimum Gasteiger partial charge on any atom is -0.507 e. The third kappa shape index (κ3) is 5.20. The highest BCUT2D eigenvalue weighted by atomic mass is 16.5. The van der Waals surface area contributed by atoms with Crippen molar-refractivity contribution in [3.8, 4) is 11.5 Å². The van der Waals surface area contributed by atoms with Crippen LogP contribution >= 0.6 is 0 Å². The van der Waals surface area contributed by atoms with Gasteiger partial charge in [-0.25, -0.2) is 0 Å². The van der Waals surface area contributed by atoms with E-state index in [1.807, 2.05) is 64.0 Å². The van der Waals surface area contributed by atoms with Crippen LogP contribution in [0.25, 0.3) is 5.76 Å². The first-order valence-corrected chi connectivity index (χ1v) is 11.0. The molecule has 0 aliphatic carbocycles. The monoisotopic (exact) mass is 452 g/mol. The highest BCUT2D eigenvalue weighted by Gasteiger charge is 2.46. The summed E-state index contributed by atoms with van der Waals surface area (Å²) in [7, 11) is 5.38. The summed E-state index contributed by atoms with van der Waals surface area (Å²) >= 11 is 0. The van der Waals surface area contributed by atoms with E-state index in [1.165, 1.54) is 4.90 Å². The summed E-state index contributed by atoms with van der Waals surface area (Å²) in [6.45, 7) is 6.64. The lowest BCUT2D eigenvalue weighted by Crippen LogP contribution is -2.35. The van der Waals surface area contributed by atoms with E-state index >= 15 is 0 Å². The van der Waals surface area contributed by atoms with E-state index in [4.69, 9.17) is 9.47 Å². The number of rotatable bonds is 8. The predicted octanol–water partition coefficient (Wildman–Crippen LogP) is 3.77. The largest absolute Gasteiger partial charge is 0.507 e. The number of ether oxygens (including phenoxy) is 2. The first-order valence-electron chi connectivity index (χ1n) is 11.0. The summed E-state index contributed by atoms with van der Waals surface area (Å²) in [4.78, 5) is 29.7. The number of Topliss-reactive ketones (excluding diaryl/α,β-unsaturated/α-hetero) is 1. The highest BCUT2D eigenvalue weighted by Crippen LogP contribution is 2.40. The number of nitrogens with zero attached hydrogens (tertiary/aromatic N) is 2. The second-order valence-corrected chi connectivity index (χ2v) is 8.72. The molecule has 2 aromatic rings. The summed E-state index contributed by atoms with van der Waals surface area (Å²) < 4.78 is 11.1. The molecule has 1 atom stereocenters. The molecule has 1 fully saturated rings. The second kappa shape index (κ2) is 10.1. The molecule has 176 valence electrons. The molecule has 2 aromatic carbocycles. The van der Waals surface area contributed by atoms with Gasteiger partial charge in [-0.1, -0.05) is 12.1 Å². The molecule has 7 nitrogen and oxygen atoms in total. The first-order chi connectivity index (χ1) is 15.6. The standard InChI is InChI=1S/C26H32N2O5/c1-16(2)33-20-9-7-8-18(15-20)23-22(25(30)26(31)28(23)13-12-27(4)5)24(29)19-10-11-21(32-6)17(3)14-19/h7-11,14-16,23,29H,12-13H2,1-6H3/b24-22+. The van der Waals surface area contributed by atoms with Crippen molar-refractivity contribution in [1.82, 2.24) is 9.80 Å². The SMILES string of the molecule is COc1ccc(/C(O)=C2\C(=O)C(=O)N(CCN(C)C)C2c2cccc(OC(C)C)c2)cc1C. The summed E-state index contributed by atoms with van der Waals surface area (Å²) in [5.74, 6) is -0.204. The zero-order chi connectivity index (χ0) is 24.3. The minimum absolute atomic E-state index is 0.0253.